The molecule has 110 valence electrons. The molecular weight excluding hydrogens is 242 g/mol. The summed E-state index contributed by atoms with van der Waals surface area (Å²) >= 11 is 0. The van der Waals surface area contributed by atoms with Crippen molar-refractivity contribution in [3.63, 3.8) is 0 Å². The zero-order valence-corrected chi connectivity index (χ0v) is 12.6. The molecule has 0 aliphatic carbocycles. The summed E-state index contributed by atoms with van der Waals surface area (Å²) in [5.74, 6) is 0.917. The summed E-state index contributed by atoms with van der Waals surface area (Å²) in [5.41, 5.74) is 1.02. The molecule has 19 heavy (non-hydrogen) atoms. The van der Waals surface area contributed by atoms with Crippen molar-refractivity contribution in [2.45, 2.75) is 46.8 Å². The second kappa shape index (κ2) is 8.93. The zero-order valence-electron chi connectivity index (χ0n) is 12.6. The largest absolute Gasteiger partial charge is 0.382 e. The molecule has 0 amide bonds. The van der Waals surface area contributed by atoms with Gasteiger partial charge in [0.15, 0.2) is 0 Å². The van der Waals surface area contributed by atoms with E-state index in [0.29, 0.717) is 0 Å². The van der Waals surface area contributed by atoms with Gasteiger partial charge in [0.05, 0.1) is 18.3 Å². The monoisotopic (exact) mass is 269 g/mol. The molecule has 0 radical (unpaired) electrons. The molecule has 1 rings (SSSR count). The van der Waals surface area contributed by atoms with E-state index in [9.17, 15) is 0 Å². The molecule has 0 aliphatic rings. The number of anilines is 1. The van der Waals surface area contributed by atoms with Crippen LogP contribution in [0.25, 0.3) is 0 Å². The summed E-state index contributed by atoms with van der Waals surface area (Å²) in [6, 6.07) is 0. The van der Waals surface area contributed by atoms with Crippen LogP contribution in [0.2, 0.25) is 0 Å². The van der Waals surface area contributed by atoms with Crippen LogP contribution >= 0.6 is 0 Å². The number of nitrogens with one attached hydrogen (secondary N) is 1. The summed E-state index contributed by atoms with van der Waals surface area (Å²) < 4.78 is 13.0. The smallest absolute Gasteiger partial charge is 0.203 e. The number of nitrogens with zero attached hydrogens (tertiary/aromatic N) is 2. The lowest BCUT2D eigenvalue weighted by atomic mass is 10.4. The van der Waals surface area contributed by atoms with E-state index in [1.54, 1.807) is 0 Å². The Bertz CT molecular complexity index is 352. The third-order valence-corrected chi connectivity index (χ3v) is 2.75. The average molecular weight is 269 g/mol. The van der Waals surface area contributed by atoms with Crippen LogP contribution in [-0.2, 0) is 16.0 Å². The lowest BCUT2D eigenvalue weighted by Gasteiger charge is -2.15. The quantitative estimate of drug-likeness (QED) is 0.663. The van der Waals surface area contributed by atoms with Crippen molar-refractivity contribution in [2.24, 2.45) is 0 Å². The normalized spacial score (nSPS) is 12.6. The van der Waals surface area contributed by atoms with E-state index in [4.69, 9.17) is 9.47 Å². The Morgan fingerprint density at radius 2 is 2.16 bits per heavy atom. The molecule has 1 heterocycles. The minimum Gasteiger partial charge on any atom is -0.382 e. The van der Waals surface area contributed by atoms with Gasteiger partial charge in [-0.15, -0.1) is 0 Å². The number of imidazole rings is 1. The minimum atomic E-state index is 0.197. The van der Waals surface area contributed by atoms with Gasteiger partial charge in [-0.25, -0.2) is 4.98 Å². The topological polar surface area (TPSA) is 48.3 Å². The third kappa shape index (κ3) is 6.07. The van der Waals surface area contributed by atoms with Gasteiger partial charge in [0.2, 0.25) is 5.95 Å². The first-order valence-electron chi connectivity index (χ1n) is 7.14. The van der Waals surface area contributed by atoms with Crippen LogP contribution in [0.4, 0.5) is 5.95 Å². The molecule has 0 aromatic carbocycles. The second-order valence-electron chi connectivity index (χ2n) is 4.60. The minimum absolute atomic E-state index is 0.197. The standard InChI is InChI=1S/C14H27N3O2/c1-5-18-9-7-8-15-14-16-12(3)10-17(14)11-13(4)19-6-2/h10,13H,5-9,11H2,1-4H3,(H,15,16). The summed E-state index contributed by atoms with van der Waals surface area (Å²) in [4.78, 5) is 4.50. The SMILES string of the molecule is CCOCCCNc1nc(C)cn1CC(C)OCC. The first-order valence-corrected chi connectivity index (χ1v) is 7.14. The Morgan fingerprint density at radius 3 is 2.84 bits per heavy atom. The molecule has 1 aromatic rings. The van der Waals surface area contributed by atoms with Crippen molar-refractivity contribution in [3.8, 4) is 0 Å². The Hall–Kier alpha value is -1.07. The van der Waals surface area contributed by atoms with Gasteiger partial charge >= 0.3 is 0 Å². The maximum Gasteiger partial charge on any atom is 0.203 e. The molecule has 1 unspecified atom stereocenters. The van der Waals surface area contributed by atoms with Crippen LogP contribution in [-0.4, -0.2) is 42.0 Å². The molecular formula is C14H27N3O2. The highest BCUT2D eigenvalue weighted by molar-refractivity contribution is 5.28. The molecule has 5 nitrogen and oxygen atoms in total. The summed E-state index contributed by atoms with van der Waals surface area (Å²) in [5, 5.41) is 3.36. The van der Waals surface area contributed by atoms with Crippen LogP contribution in [0, 0.1) is 6.92 Å². The van der Waals surface area contributed by atoms with Gasteiger partial charge in [0.25, 0.3) is 0 Å². The van der Waals surface area contributed by atoms with Crippen molar-refractivity contribution in [2.75, 3.05) is 31.7 Å². The number of rotatable bonds is 10. The zero-order chi connectivity index (χ0) is 14.1. The molecule has 1 atom stereocenters. The van der Waals surface area contributed by atoms with E-state index in [1.165, 1.54) is 0 Å². The van der Waals surface area contributed by atoms with Crippen LogP contribution < -0.4 is 5.32 Å². The number of aromatic nitrogens is 2. The first kappa shape index (κ1) is 16.0. The van der Waals surface area contributed by atoms with Crippen LogP contribution in [0.1, 0.15) is 32.9 Å². The number of ether oxygens (including phenoxy) is 2. The van der Waals surface area contributed by atoms with Crippen molar-refractivity contribution in [1.29, 1.82) is 0 Å². The fourth-order valence-corrected chi connectivity index (χ4v) is 1.96. The van der Waals surface area contributed by atoms with Gasteiger partial charge < -0.3 is 19.4 Å². The predicted octanol–water partition coefficient (Wildman–Crippen LogP) is 2.46. The molecule has 0 saturated carbocycles. The van der Waals surface area contributed by atoms with Gasteiger partial charge in [-0.2, -0.15) is 0 Å². The highest BCUT2D eigenvalue weighted by Gasteiger charge is 2.08. The maximum atomic E-state index is 5.57. The maximum absolute atomic E-state index is 5.57. The van der Waals surface area contributed by atoms with E-state index in [-0.39, 0.29) is 6.10 Å². The Labute approximate surface area is 116 Å². The number of hydrogen-bond acceptors (Lipinski definition) is 4. The predicted molar refractivity (Wildman–Crippen MR) is 77.7 cm³/mol. The van der Waals surface area contributed by atoms with Gasteiger partial charge in [0.1, 0.15) is 0 Å². The molecule has 0 bridgehead atoms. The van der Waals surface area contributed by atoms with Crippen molar-refractivity contribution in [1.82, 2.24) is 9.55 Å². The summed E-state index contributed by atoms with van der Waals surface area (Å²) in [6.45, 7) is 12.1. The fraction of sp³-hybridized carbons (Fsp3) is 0.786. The Morgan fingerprint density at radius 1 is 1.37 bits per heavy atom. The summed E-state index contributed by atoms with van der Waals surface area (Å²) in [7, 11) is 0. The van der Waals surface area contributed by atoms with Gasteiger partial charge in [-0.05, 0) is 34.1 Å². The van der Waals surface area contributed by atoms with Crippen LogP contribution in [0.3, 0.4) is 0 Å². The molecule has 0 fully saturated rings. The van der Waals surface area contributed by atoms with E-state index in [0.717, 1.165) is 51.0 Å². The van der Waals surface area contributed by atoms with Crippen molar-refractivity contribution >= 4 is 5.95 Å². The fourth-order valence-electron chi connectivity index (χ4n) is 1.96. The molecule has 1 N–H and O–H groups in total. The highest BCUT2D eigenvalue weighted by atomic mass is 16.5. The number of aryl methyl sites for hydroxylation is 1. The second-order valence-corrected chi connectivity index (χ2v) is 4.60. The lowest BCUT2D eigenvalue weighted by Crippen LogP contribution is -2.18. The third-order valence-electron chi connectivity index (χ3n) is 2.75. The Kier molecular flexibility index (Phi) is 7.52. The van der Waals surface area contributed by atoms with E-state index in [2.05, 4.69) is 28.0 Å². The van der Waals surface area contributed by atoms with E-state index >= 15 is 0 Å². The van der Waals surface area contributed by atoms with Crippen LogP contribution in [0.15, 0.2) is 6.20 Å². The van der Waals surface area contributed by atoms with Gasteiger partial charge in [0, 0.05) is 32.6 Å². The molecule has 0 aliphatic heterocycles. The summed E-state index contributed by atoms with van der Waals surface area (Å²) in [6.07, 6.45) is 3.24. The van der Waals surface area contributed by atoms with Crippen molar-refractivity contribution < 1.29 is 9.47 Å². The van der Waals surface area contributed by atoms with Gasteiger partial charge in [-0.1, -0.05) is 0 Å². The van der Waals surface area contributed by atoms with E-state index < -0.39 is 0 Å². The molecule has 0 spiro atoms. The van der Waals surface area contributed by atoms with Crippen LogP contribution in [0.5, 0.6) is 0 Å². The molecule has 5 heteroatoms. The van der Waals surface area contributed by atoms with Crippen molar-refractivity contribution in [3.05, 3.63) is 11.9 Å². The molecule has 0 saturated heterocycles. The van der Waals surface area contributed by atoms with Gasteiger partial charge in [-0.3, -0.25) is 0 Å². The average Bonchev–Trinajstić information content (AvgIpc) is 2.69. The van der Waals surface area contributed by atoms with E-state index in [1.807, 2.05) is 20.8 Å². The lowest BCUT2D eigenvalue weighted by molar-refractivity contribution is 0.0644. The Balaban J connectivity index is 2.43. The highest BCUT2D eigenvalue weighted by Crippen LogP contribution is 2.10. The molecule has 1 aromatic heterocycles. The number of hydrogen-bond donors (Lipinski definition) is 1. The first-order chi connectivity index (χ1) is 9.17.